The van der Waals surface area contributed by atoms with Gasteiger partial charge in [0, 0.05) is 36.9 Å². The summed E-state index contributed by atoms with van der Waals surface area (Å²) in [4.78, 5) is 20.5. The first-order valence-electron chi connectivity index (χ1n) is 15.0. The summed E-state index contributed by atoms with van der Waals surface area (Å²) in [6.45, 7) is 10.9. The van der Waals surface area contributed by atoms with Crippen LogP contribution in [0.3, 0.4) is 0 Å². The number of fused-ring (bicyclic) bond motifs is 1. The molecule has 8 heteroatoms. The van der Waals surface area contributed by atoms with Crippen LogP contribution in [0, 0.1) is 34.6 Å². The van der Waals surface area contributed by atoms with Gasteiger partial charge in [-0.15, -0.1) is 0 Å². The van der Waals surface area contributed by atoms with Gasteiger partial charge in [0.15, 0.2) is 0 Å². The maximum Gasteiger partial charge on any atom is 0.248 e. The van der Waals surface area contributed by atoms with Crippen LogP contribution in [0.15, 0.2) is 53.4 Å². The van der Waals surface area contributed by atoms with Crippen LogP contribution in [0.4, 0.5) is 0 Å². The van der Waals surface area contributed by atoms with Crippen LogP contribution in [0.1, 0.15) is 64.0 Å². The third-order valence-electron chi connectivity index (χ3n) is 8.56. The predicted octanol–water partition coefficient (Wildman–Crippen LogP) is 5.38. The number of pyridine rings is 1. The molecule has 1 aromatic heterocycles. The number of hydrogen-bond acceptors (Lipinski definition) is 5. The second-order valence-corrected chi connectivity index (χ2v) is 14.0. The van der Waals surface area contributed by atoms with Gasteiger partial charge in [0.05, 0.1) is 17.5 Å². The molecular formula is C34H43N3O4S. The smallest absolute Gasteiger partial charge is 0.248 e. The van der Waals surface area contributed by atoms with Crippen molar-refractivity contribution in [1.82, 2.24) is 14.2 Å². The van der Waals surface area contributed by atoms with Crippen LogP contribution in [-0.2, 0) is 38.9 Å². The molecule has 1 fully saturated rings. The van der Waals surface area contributed by atoms with Crippen LogP contribution >= 0.6 is 0 Å². The summed E-state index contributed by atoms with van der Waals surface area (Å²) in [5, 5.41) is 0. The number of piperidine rings is 1. The highest BCUT2D eigenvalue weighted by atomic mass is 32.2. The molecule has 2 aromatic carbocycles. The molecule has 5 rings (SSSR count). The van der Waals surface area contributed by atoms with Gasteiger partial charge in [-0.3, -0.25) is 9.78 Å². The third-order valence-corrected chi connectivity index (χ3v) is 10.8. The van der Waals surface area contributed by atoms with Crippen molar-refractivity contribution in [3.05, 3.63) is 93.3 Å². The Morgan fingerprint density at radius 2 is 1.62 bits per heavy atom. The molecule has 2 unspecified atom stereocenters. The van der Waals surface area contributed by atoms with E-state index in [1.807, 2.05) is 62.9 Å². The summed E-state index contributed by atoms with van der Waals surface area (Å²) in [6.07, 6.45) is 4.28. The van der Waals surface area contributed by atoms with Gasteiger partial charge in [-0.1, -0.05) is 42.0 Å². The number of aryl methyl sites for hydroxylation is 5. The second kappa shape index (κ2) is 12.7. The average Bonchev–Trinajstić information content (AvgIpc) is 2.91. The number of amides is 1. The first kappa shape index (κ1) is 30.4. The molecule has 224 valence electrons. The molecule has 1 amide bonds. The fraction of sp³-hybridized carbons (Fsp3) is 0.471. The number of carbonyl (C=O) groups excluding carboxylic acids is 1. The van der Waals surface area contributed by atoms with E-state index >= 15 is 0 Å². The number of carbonyl (C=O) groups is 1. The van der Waals surface area contributed by atoms with E-state index in [-0.39, 0.29) is 31.7 Å². The lowest BCUT2D eigenvalue weighted by Crippen LogP contribution is -2.49. The molecule has 1 saturated heterocycles. The van der Waals surface area contributed by atoms with E-state index in [0.717, 1.165) is 64.9 Å². The third kappa shape index (κ3) is 6.61. The van der Waals surface area contributed by atoms with Crippen LogP contribution < -0.4 is 0 Å². The first-order valence-corrected chi connectivity index (χ1v) is 16.4. The molecular weight excluding hydrogens is 546 g/mol. The normalized spacial score (nSPS) is 19.5. The predicted molar refractivity (Wildman–Crippen MR) is 165 cm³/mol. The Morgan fingerprint density at radius 3 is 2.33 bits per heavy atom. The Morgan fingerprint density at radius 1 is 0.929 bits per heavy atom. The summed E-state index contributed by atoms with van der Waals surface area (Å²) < 4.78 is 36.0. The van der Waals surface area contributed by atoms with E-state index in [2.05, 4.69) is 25.1 Å². The number of ether oxygens (including phenoxy) is 1. The number of nitrogens with zero attached hydrogens (tertiary/aromatic N) is 3. The van der Waals surface area contributed by atoms with Crippen molar-refractivity contribution in [2.24, 2.45) is 0 Å². The highest BCUT2D eigenvalue weighted by Gasteiger charge is 2.37. The number of likely N-dealkylation sites (tertiary alicyclic amines) is 1. The Labute approximate surface area is 251 Å². The highest BCUT2D eigenvalue weighted by molar-refractivity contribution is 7.89. The van der Waals surface area contributed by atoms with Crippen molar-refractivity contribution in [3.63, 3.8) is 0 Å². The first-order chi connectivity index (χ1) is 20.0. The van der Waals surface area contributed by atoms with Crippen molar-refractivity contribution < 1.29 is 17.9 Å². The zero-order valence-corrected chi connectivity index (χ0v) is 26.3. The quantitative estimate of drug-likeness (QED) is 0.353. The lowest BCUT2D eigenvalue weighted by Gasteiger charge is -2.37. The average molecular weight is 590 g/mol. The molecule has 7 nitrogen and oxygen atoms in total. The van der Waals surface area contributed by atoms with Crippen LogP contribution in [0.2, 0.25) is 0 Å². The van der Waals surface area contributed by atoms with Crippen molar-refractivity contribution in [2.45, 2.75) is 90.2 Å². The molecule has 3 aromatic rings. The zero-order valence-electron chi connectivity index (χ0n) is 25.5. The summed E-state index contributed by atoms with van der Waals surface area (Å²) in [5.74, 6) is -0.0417. The second-order valence-electron chi connectivity index (χ2n) is 12.1. The monoisotopic (exact) mass is 589 g/mol. The fourth-order valence-corrected chi connectivity index (χ4v) is 8.86. The van der Waals surface area contributed by atoms with Crippen molar-refractivity contribution in [1.29, 1.82) is 0 Å². The number of sulfonamides is 1. The topological polar surface area (TPSA) is 79.8 Å². The Bertz CT molecular complexity index is 1530. The van der Waals surface area contributed by atoms with Crippen molar-refractivity contribution in [3.8, 4) is 0 Å². The zero-order chi connectivity index (χ0) is 30.0. The summed E-state index contributed by atoms with van der Waals surface area (Å²) in [5.41, 5.74) is 7.85. The maximum atomic E-state index is 14.2. The number of rotatable bonds is 8. The van der Waals surface area contributed by atoms with E-state index < -0.39 is 16.1 Å². The molecule has 0 N–H and O–H groups in total. The minimum atomic E-state index is -3.80. The van der Waals surface area contributed by atoms with Crippen molar-refractivity contribution in [2.75, 3.05) is 19.8 Å². The standard InChI is InChI=1S/C34H43N3O4S/c1-23-14-25(3)34(26(4)15-23)42(39,40)37-20-29-11-7-6-10-28(29)18-32(37)21-41-22-33(38)36-13-9-8-12-31(36)19-30-17-24(2)16-27(5)35-30/h6-7,10-11,14-17,31-32H,8-9,12-13,18-22H2,1-5H3. The lowest BCUT2D eigenvalue weighted by molar-refractivity contribution is -0.140. The molecule has 2 atom stereocenters. The summed E-state index contributed by atoms with van der Waals surface area (Å²) in [6, 6.07) is 15.7. The summed E-state index contributed by atoms with van der Waals surface area (Å²) >= 11 is 0. The molecule has 0 spiro atoms. The van der Waals surface area contributed by atoms with E-state index in [4.69, 9.17) is 9.72 Å². The van der Waals surface area contributed by atoms with Gasteiger partial charge in [-0.25, -0.2) is 8.42 Å². The number of benzene rings is 2. The van der Waals surface area contributed by atoms with Gasteiger partial charge < -0.3 is 9.64 Å². The molecule has 0 bridgehead atoms. The number of aromatic nitrogens is 1. The lowest BCUT2D eigenvalue weighted by atomic mass is 9.96. The van der Waals surface area contributed by atoms with Gasteiger partial charge in [-0.2, -0.15) is 4.31 Å². The van der Waals surface area contributed by atoms with E-state index in [1.165, 1.54) is 5.56 Å². The van der Waals surface area contributed by atoms with Gasteiger partial charge in [-0.05, 0) is 100 Å². The van der Waals surface area contributed by atoms with E-state index in [1.54, 1.807) is 4.31 Å². The molecule has 0 saturated carbocycles. The Balaban J connectivity index is 1.31. The molecule has 3 heterocycles. The SMILES string of the molecule is Cc1cc(C)nc(CC2CCCCN2C(=O)COCC2Cc3ccccc3CN2S(=O)(=O)c2c(C)cc(C)cc2C)c1. The van der Waals surface area contributed by atoms with Gasteiger partial charge in [0.25, 0.3) is 0 Å². The van der Waals surface area contributed by atoms with Crippen molar-refractivity contribution >= 4 is 15.9 Å². The van der Waals surface area contributed by atoms with E-state index in [9.17, 15) is 13.2 Å². The Kier molecular flexibility index (Phi) is 9.16. The van der Waals surface area contributed by atoms with Gasteiger partial charge in [0.1, 0.15) is 6.61 Å². The van der Waals surface area contributed by atoms with Crippen LogP contribution in [0.25, 0.3) is 0 Å². The molecule has 2 aliphatic rings. The summed E-state index contributed by atoms with van der Waals surface area (Å²) in [7, 11) is -3.80. The minimum Gasteiger partial charge on any atom is -0.370 e. The number of hydrogen-bond donors (Lipinski definition) is 0. The minimum absolute atomic E-state index is 0.0417. The van der Waals surface area contributed by atoms with Crippen LogP contribution in [-0.4, -0.2) is 60.4 Å². The van der Waals surface area contributed by atoms with Gasteiger partial charge >= 0.3 is 0 Å². The largest absolute Gasteiger partial charge is 0.370 e. The fourth-order valence-electron chi connectivity index (χ4n) is 6.86. The van der Waals surface area contributed by atoms with E-state index in [0.29, 0.717) is 17.9 Å². The molecule has 42 heavy (non-hydrogen) atoms. The highest BCUT2D eigenvalue weighted by Crippen LogP contribution is 2.32. The van der Waals surface area contributed by atoms with Crippen LogP contribution in [0.5, 0.6) is 0 Å². The van der Waals surface area contributed by atoms with Gasteiger partial charge in [0.2, 0.25) is 15.9 Å². The molecule has 2 aliphatic heterocycles. The Hall–Kier alpha value is -3.07. The molecule has 0 aliphatic carbocycles. The molecule has 0 radical (unpaired) electrons. The maximum absolute atomic E-state index is 14.2.